The van der Waals surface area contributed by atoms with E-state index in [0.29, 0.717) is 19.8 Å². The fraction of sp³-hybridized carbons (Fsp3) is 0.600. The van der Waals surface area contributed by atoms with E-state index < -0.39 is 0 Å². The summed E-state index contributed by atoms with van der Waals surface area (Å²) >= 11 is 0. The second-order valence-corrected chi connectivity index (χ2v) is 6.03. The molecule has 1 unspecified atom stereocenters. The molecule has 1 fully saturated rings. The molecule has 0 radical (unpaired) electrons. The Kier molecular flexibility index (Phi) is 3.05. The molecule has 104 valence electrons. The third-order valence-electron chi connectivity index (χ3n) is 4.21. The van der Waals surface area contributed by atoms with Gasteiger partial charge in [-0.15, -0.1) is 0 Å². The summed E-state index contributed by atoms with van der Waals surface area (Å²) in [6.45, 7) is 7.10. The van der Waals surface area contributed by atoms with Gasteiger partial charge in [-0.3, -0.25) is 0 Å². The smallest absolute Gasteiger partial charge is 0.163 e. The Hall–Kier alpha value is -1.42. The van der Waals surface area contributed by atoms with Gasteiger partial charge in [0.1, 0.15) is 13.2 Å². The second-order valence-electron chi connectivity index (χ2n) is 6.03. The zero-order valence-corrected chi connectivity index (χ0v) is 11.6. The fourth-order valence-electron chi connectivity index (χ4n) is 2.60. The third kappa shape index (κ3) is 2.37. The summed E-state index contributed by atoms with van der Waals surface area (Å²) in [4.78, 5) is 2.22. The largest absolute Gasteiger partial charge is 0.486 e. The van der Waals surface area contributed by atoms with Crippen LogP contribution in [0, 0.1) is 5.41 Å². The number of rotatable bonds is 1. The number of nitrogens with zero attached hydrogens (tertiary/aromatic N) is 1. The van der Waals surface area contributed by atoms with Crippen molar-refractivity contribution < 1.29 is 14.6 Å². The lowest BCUT2D eigenvalue weighted by Crippen LogP contribution is -2.48. The monoisotopic (exact) mass is 263 g/mol. The molecule has 0 bridgehead atoms. The normalized spacial score (nSPS) is 25.2. The minimum Gasteiger partial charge on any atom is -0.486 e. The van der Waals surface area contributed by atoms with Crippen molar-refractivity contribution in [1.82, 2.24) is 0 Å². The molecule has 1 N–H and O–H groups in total. The number of aliphatic hydroxyl groups excluding tert-OH is 1. The number of benzene rings is 1. The van der Waals surface area contributed by atoms with Crippen molar-refractivity contribution in [2.75, 3.05) is 31.2 Å². The van der Waals surface area contributed by atoms with Gasteiger partial charge in [-0.2, -0.15) is 0 Å². The van der Waals surface area contributed by atoms with E-state index in [9.17, 15) is 5.11 Å². The van der Waals surface area contributed by atoms with Crippen molar-refractivity contribution >= 4 is 5.69 Å². The lowest BCUT2D eigenvalue weighted by Gasteiger charge is -2.42. The maximum Gasteiger partial charge on any atom is 0.163 e. The first-order valence-corrected chi connectivity index (χ1v) is 6.89. The van der Waals surface area contributed by atoms with Crippen molar-refractivity contribution in [3.63, 3.8) is 0 Å². The molecular formula is C15H21NO3. The molecule has 0 aromatic heterocycles. The molecule has 0 amide bonds. The summed E-state index contributed by atoms with van der Waals surface area (Å²) in [6, 6.07) is 6.01. The number of aliphatic hydroxyl groups is 1. The van der Waals surface area contributed by atoms with E-state index >= 15 is 0 Å². The molecule has 4 nitrogen and oxygen atoms in total. The molecule has 1 aromatic carbocycles. The topological polar surface area (TPSA) is 41.9 Å². The number of piperidine rings is 1. The average Bonchev–Trinajstić information content (AvgIpc) is 2.41. The van der Waals surface area contributed by atoms with Gasteiger partial charge in [-0.1, -0.05) is 13.8 Å². The van der Waals surface area contributed by atoms with E-state index in [1.54, 1.807) is 0 Å². The Morgan fingerprint density at radius 2 is 1.95 bits per heavy atom. The van der Waals surface area contributed by atoms with Crippen LogP contribution in [0.4, 0.5) is 5.69 Å². The molecule has 3 rings (SSSR count). The van der Waals surface area contributed by atoms with Crippen LogP contribution in [-0.2, 0) is 0 Å². The van der Waals surface area contributed by atoms with Crippen LogP contribution in [0.3, 0.4) is 0 Å². The van der Waals surface area contributed by atoms with Gasteiger partial charge in [0.05, 0.1) is 6.10 Å². The quantitative estimate of drug-likeness (QED) is 0.842. The molecule has 1 atom stereocenters. The predicted octanol–water partition coefficient (Wildman–Crippen LogP) is 2.06. The summed E-state index contributed by atoms with van der Waals surface area (Å²) in [5, 5.41) is 10.2. The van der Waals surface area contributed by atoms with Crippen LogP contribution in [-0.4, -0.2) is 37.5 Å². The van der Waals surface area contributed by atoms with E-state index in [4.69, 9.17) is 9.47 Å². The van der Waals surface area contributed by atoms with Crippen LogP contribution in [0.15, 0.2) is 18.2 Å². The van der Waals surface area contributed by atoms with E-state index in [2.05, 4.69) is 18.7 Å². The molecule has 0 spiro atoms. The number of ether oxygens (including phenoxy) is 2. The van der Waals surface area contributed by atoms with Crippen molar-refractivity contribution in [2.24, 2.45) is 5.41 Å². The van der Waals surface area contributed by atoms with E-state index in [1.807, 2.05) is 18.2 Å². The maximum atomic E-state index is 10.2. The maximum absolute atomic E-state index is 10.2. The highest BCUT2D eigenvalue weighted by Crippen LogP contribution is 2.37. The Labute approximate surface area is 113 Å². The van der Waals surface area contributed by atoms with Gasteiger partial charge in [0, 0.05) is 24.8 Å². The average molecular weight is 263 g/mol. The zero-order valence-electron chi connectivity index (χ0n) is 11.6. The van der Waals surface area contributed by atoms with Crippen molar-refractivity contribution in [2.45, 2.75) is 26.4 Å². The predicted molar refractivity (Wildman–Crippen MR) is 74.0 cm³/mol. The number of β-amino-alcohol motifs (C(OH)–C–C–N with tert-alkyl or cyclic N) is 1. The lowest BCUT2D eigenvalue weighted by molar-refractivity contribution is 0.0351. The van der Waals surface area contributed by atoms with E-state index in [1.165, 1.54) is 0 Å². The van der Waals surface area contributed by atoms with Crippen LogP contribution in [0.25, 0.3) is 0 Å². The van der Waals surface area contributed by atoms with E-state index in [0.717, 1.165) is 30.2 Å². The Balaban J connectivity index is 1.80. The van der Waals surface area contributed by atoms with E-state index in [-0.39, 0.29) is 11.5 Å². The molecule has 1 saturated heterocycles. The Morgan fingerprint density at radius 3 is 2.68 bits per heavy atom. The first-order valence-electron chi connectivity index (χ1n) is 6.89. The molecule has 0 saturated carbocycles. The summed E-state index contributed by atoms with van der Waals surface area (Å²) in [5.74, 6) is 1.62. The summed E-state index contributed by atoms with van der Waals surface area (Å²) in [6.07, 6.45) is 0.692. The molecule has 0 aliphatic carbocycles. The highest BCUT2D eigenvalue weighted by Gasteiger charge is 2.34. The fourth-order valence-corrected chi connectivity index (χ4v) is 2.60. The molecule has 1 aromatic rings. The molecular weight excluding hydrogens is 242 g/mol. The summed E-state index contributed by atoms with van der Waals surface area (Å²) in [7, 11) is 0. The molecule has 2 heterocycles. The van der Waals surface area contributed by atoms with Crippen LogP contribution in [0.2, 0.25) is 0 Å². The van der Waals surface area contributed by atoms with Gasteiger partial charge in [0.15, 0.2) is 11.5 Å². The summed E-state index contributed by atoms with van der Waals surface area (Å²) in [5.41, 5.74) is 1.10. The molecule has 4 heteroatoms. The van der Waals surface area contributed by atoms with Gasteiger partial charge in [-0.05, 0) is 24.0 Å². The zero-order chi connectivity index (χ0) is 13.5. The standard InChI is InChI=1S/C15H21NO3/c1-15(2)5-6-16(10-14(15)17)11-3-4-12-13(9-11)19-8-7-18-12/h3-4,9,14,17H,5-8,10H2,1-2H3. The molecule has 2 aliphatic rings. The number of hydrogen-bond acceptors (Lipinski definition) is 4. The first kappa shape index (κ1) is 12.6. The second kappa shape index (κ2) is 4.60. The highest BCUT2D eigenvalue weighted by atomic mass is 16.6. The Morgan fingerprint density at radius 1 is 1.21 bits per heavy atom. The van der Waals surface area contributed by atoms with Gasteiger partial charge >= 0.3 is 0 Å². The summed E-state index contributed by atoms with van der Waals surface area (Å²) < 4.78 is 11.1. The van der Waals surface area contributed by atoms with Gasteiger partial charge < -0.3 is 19.5 Å². The van der Waals surface area contributed by atoms with Gasteiger partial charge in [0.2, 0.25) is 0 Å². The van der Waals surface area contributed by atoms with Gasteiger partial charge in [0.25, 0.3) is 0 Å². The highest BCUT2D eigenvalue weighted by molar-refractivity contribution is 5.57. The first-order chi connectivity index (χ1) is 9.06. The minimum absolute atomic E-state index is 0.00428. The van der Waals surface area contributed by atoms with Crippen LogP contribution in [0.1, 0.15) is 20.3 Å². The Bertz CT molecular complexity index is 472. The van der Waals surface area contributed by atoms with Crippen molar-refractivity contribution in [3.05, 3.63) is 18.2 Å². The van der Waals surface area contributed by atoms with Crippen LogP contribution in [0.5, 0.6) is 11.5 Å². The minimum atomic E-state index is -0.297. The lowest BCUT2D eigenvalue weighted by atomic mass is 9.80. The van der Waals surface area contributed by atoms with Crippen molar-refractivity contribution in [3.8, 4) is 11.5 Å². The molecule has 2 aliphatic heterocycles. The number of hydrogen-bond donors (Lipinski definition) is 1. The number of fused-ring (bicyclic) bond motifs is 1. The third-order valence-corrected chi connectivity index (χ3v) is 4.21. The van der Waals surface area contributed by atoms with Crippen LogP contribution < -0.4 is 14.4 Å². The van der Waals surface area contributed by atoms with Gasteiger partial charge in [-0.25, -0.2) is 0 Å². The van der Waals surface area contributed by atoms with Crippen molar-refractivity contribution in [1.29, 1.82) is 0 Å². The number of anilines is 1. The molecule has 19 heavy (non-hydrogen) atoms. The SMILES string of the molecule is CC1(C)CCN(c2ccc3c(c2)OCCO3)CC1O. The van der Waals surface area contributed by atoms with Crippen LogP contribution >= 0.6 is 0 Å².